The Bertz CT molecular complexity index is 1670. The van der Waals surface area contributed by atoms with E-state index >= 15 is 0 Å². The predicted octanol–water partition coefficient (Wildman–Crippen LogP) is 5.47. The molecular formula is C32H34N8O. The van der Waals surface area contributed by atoms with Crippen molar-refractivity contribution in [2.75, 3.05) is 12.8 Å². The molecule has 1 aliphatic rings. The van der Waals surface area contributed by atoms with E-state index in [1.165, 1.54) is 5.56 Å². The molecule has 41 heavy (non-hydrogen) atoms. The Kier molecular flexibility index (Phi) is 7.35. The topological polar surface area (TPSA) is 131 Å². The van der Waals surface area contributed by atoms with Crippen molar-refractivity contribution >= 4 is 22.8 Å². The second-order valence-electron chi connectivity index (χ2n) is 10.7. The number of nitrogens with zero attached hydrogens (tertiary/aromatic N) is 6. The smallest absolute Gasteiger partial charge is 0.165 e. The first-order valence-corrected chi connectivity index (χ1v) is 13.9. The molecule has 1 saturated carbocycles. The van der Waals surface area contributed by atoms with Gasteiger partial charge in [0.1, 0.15) is 17.2 Å². The number of benzene rings is 2. The summed E-state index contributed by atoms with van der Waals surface area (Å²) < 4.78 is 2.07. The van der Waals surface area contributed by atoms with Gasteiger partial charge in [-0.1, -0.05) is 47.6 Å². The van der Waals surface area contributed by atoms with Crippen LogP contribution in [0.1, 0.15) is 31.2 Å². The lowest BCUT2D eigenvalue weighted by molar-refractivity contribution is 0.172. The summed E-state index contributed by atoms with van der Waals surface area (Å²) >= 11 is 0. The van der Waals surface area contributed by atoms with Crippen molar-refractivity contribution in [1.29, 1.82) is 0 Å². The highest BCUT2D eigenvalue weighted by molar-refractivity contribution is 5.84. The highest BCUT2D eigenvalue weighted by atomic mass is 16.4. The third kappa shape index (κ3) is 5.36. The average molecular weight is 547 g/mol. The molecule has 9 nitrogen and oxygen atoms in total. The van der Waals surface area contributed by atoms with Gasteiger partial charge in [-0.3, -0.25) is 9.47 Å². The van der Waals surface area contributed by atoms with Crippen molar-refractivity contribution in [3.63, 3.8) is 0 Å². The summed E-state index contributed by atoms with van der Waals surface area (Å²) in [6.07, 6.45) is 5.62. The van der Waals surface area contributed by atoms with E-state index in [0.717, 1.165) is 65.9 Å². The number of hydrogen-bond acceptors (Lipinski definition) is 7. The van der Waals surface area contributed by atoms with Crippen molar-refractivity contribution in [2.24, 2.45) is 16.8 Å². The van der Waals surface area contributed by atoms with Gasteiger partial charge < -0.3 is 16.7 Å². The molecule has 9 heteroatoms. The summed E-state index contributed by atoms with van der Waals surface area (Å²) in [4.78, 5) is 16.7. The van der Waals surface area contributed by atoms with Crippen LogP contribution in [0.4, 0.5) is 5.82 Å². The molecule has 1 fully saturated rings. The standard InChI is InChI=1S/C32H34N8O/c1-39(24-15-11-23(12-16-24)29(33)38-41)20-21-9-13-25(14-10-21)40-31(26-8-5-19-35-30(26)34)37-28-18-17-27(36-32(28)40)22-6-3-2-4-7-22/h2-10,13-14,17-19,23-24,41H,11-12,15-16,20H2,1H3,(H2,33,38)(H2,34,35). The molecule has 0 amide bonds. The zero-order chi connectivity index (χ0) is 28.3. The van der Waals surface area contributed by atoms with Crippen molar-refractivity contribution in [1.82, 2.24) is 24.4 Å². The molecule has 0 bridgehead atoms. The van der Waals surface area contributed by atoms with Gasteiger partial charge in [0.05, 0.1) is 11.3 Å². The molecule has 0 spiro atoms. The van der Waals surface area contributed by atoms with Crippen LogP contribution >= 0.6 is 0 Å². The maximum atomic E-state index is 9.00. The van der Waals surface area contributed by atoms with Crippen molar-refractivity contribution in [3.05, 3.63) is 90.6 Å². The number of fused-ring (bicyclic) bond motifs is 1. The molecular weight excluding hydrogens is 512 g/mol. The van der Waals surface area contributed by atoms with E-state index < -0.39 is 0 Å². The molecule has 0 radical (unpaired) electrons. The first kappa shape index (κ1) is 26.5. The van der Waals surface area contributed by atoms with Crippen LogP contribution in [0.5, 0.6) is 0 Å². The molecule has 3 heterocycles. The van der Waals surface area contributed by atoms with E-state index in [4.69, 9.17) is 26.6 Å². The van der Waals surface area contributed by atoms with Crippen LogP contribution in [-0.4, -0.2) is 48.6 Å². The summed E-state index contributed by atoms with van der Waals surface area (Å²) in [5.41, 5.74) is 18.6. The number of hydrogen-bond donors (Lipinski definition) is 3. The molecule has 1 aliphatic carbocycles. The summed E-state index contributed by atoms with van der Waals surface area (Å²) in [7, 11) is 2.17. The van der Waals surface area contributed by atoms with Crippen molar-refractivity contribution < 1.29 is 5.21 Å². The second-order valence-corrected chi connectivity index (χ2v) is 10.7. The van der Waals surface area contributed by atoms with Gasteiger partial charge in [-0.25, -0.2) is 15.0 Å². The molecule has 6 rings (SSSR count). The molecule has 5 N–H and O–H groups in total. The van der Waals surface area contributed by atoms with Crippen LogP contribution in [0.25, 0.3) is 39.5 Å². The zero-order valence-corrected chi connectivity index (χ0v) is 23.1. The molecule has 208 valence electrons. The van der Waals surface area contributed by atoms with Crippen molar-refractivity contribution in [2.45, 2.75) is 38.3 Å². The van der Waals surface area contributed by atoms with Crippen LogP contribution in [0, 0.1) is 5.92 Å². The number of aromatic nitrogens is 4. The predicted molar refractivity (Wildman–Crippen MR) is 163 cm³/mol. The van der Waals surface area contributed by atoms with Gasteiger partial charge in [0, 0.05) is 36.0 Å². The Morgan fingerprint density at radius 1 is 0.951 bits per heavy atom. The number of oxime groups is 1. The zero-order valence-electron chi connectivity index (χ0n) is 23.1. The van der Waals surface area contributed by atoms with Crippen LogP contribution in [0.2, 0.25) is 0 Å². The van der Waals surface area contributed by atoms with E-state index in [0.29, 0.717) is 23.5 Å². The second kappa shape index (κ2) is 11.4. The van der Waals surface area contributed by atoms with E-state index in [1.807, 2.05) is 42.5 Å². The molecule has 0 saturated heterocycles. The fourth-order valence-electron chi connectivity index (χ4n) is 5.82. The lowest BCUT2D eigenvalue weighted by Crippen LogP contribution is -2.37. The number of pyridine rings is 2. The summed E-state index contributed by atoms with van der Waals surface area (Å²) in [6.45, 7) is 0.836. The van der Waals surface area contributed by atoms with Crippen LogP contribution in [0.15, 0.2) is 90.2 Å². The first-order chi connectivity index (χ1) is 20.0. The maximum Gasteiger partial charge on any atom is 0.165 e. The fourth-order valence-corrected chi connectivity index (χ4v) is 5.82. The largest absolute Gasteiger partial charge is 0.409 e. The van der Waals surface area contributed by atoms with Gasteiger partial charge in [-0.2, -0.15) is 0 Å². The van der Waals surface area contributed by atoms with Crippen LogP contribution < -0.4 is 11.5 Å². The normalized spacial score (nSPS) is 17.8. The fraction of sp³-hybridized carbons (Fsp3) is 0.250. The maximum absolute atomic E-state index is 9.00. The minimum absolute atomic E-state index is 0.174. The Labute approximate surface area is 239 Å². The summed E-state index contributed by atoms with van der Waals surface area (Å²) in [5.74, 6) is 1.66. The number of amidine groups is 1. The third-order valence-corrected chi connectivity index (χ3v) is 8.13. The van der Waals surface area contributed by atoms with Gasteiger partial charge in [0.15, 0.2) is 11.5 Å². The molecule has 5 aromatic rings. The first-order valence-electron chi connectivity index (χ1n) is 13.9. The monoisotopic (exact) mass is 546 g/mol. The summed E-state index contributed by atoms with van der Waals surface area (Å²) in [5, 5.41) is 12.2. The Balaban J connectivity index is 1.31. The number of rotatable bonds is 7. The van der Waals surface area contributed by atoms with E-state index in [1.54, 1.807) is 6.20 Å². The molecule has 3 aromatic heterocycles. The lowest BCUT2D eigenvalue weighted by atomic mass is 9.84. The highest BCUT2D eigenvalue weighted by Gasteiger charge is 2.26. The number of nitrogen functional groups attached to an aromatic ring is 1. The average Bonchev–Trinajstić information content (AvgIpc) is 3.40. The summed E-state index contributed by atoms with van der Waals surface area (Å²) in [6, 6.07) is 27.0. The Morgan fingerprint density at radius 2 is 1.71 bits per heavy atom. The third-order valence-electron chi connectivity index (χ3n) is 8.13. The van der Waals surface area contributed by atoms with Gasteiger partial charge in [-0.05, 0) is 74.7 Å². The number of nitrogens with two attached hydrogens (primary N) is 2. The number of imidazole rings is 1. The van der Waals surface area contributed by atoms with Gasteiger partial charge in [-0.15, -0.1) is 0 Å². The molecule has 0 unspecified atom stereocenters. The van der Waals surface area contributed by atoms with Gasteiger partial charge >= 0.3 is 0 Å². The Morgan fingerprint density at radius 3 is 2.41 bits per heavy atom. The van der Waals surface area contributed by atoms with E-state index in [-0.39, 0.29) is 5.92 Å². The van der Waals surface area contributed by atoms with Gasteiger partial charge in [0.2, 0.25) is 0 Å². The minimum atomic E-state index is 0.174. The van der Waals surface area contributed by atoms with Crippen LogP contribution in [0.3, 0.4) is 0 Å². The lowest BCUT2D eigenvalue weighted by Gasteiger charge is -2.34. The van der Waals surface area contributed by atoms with Crippen molar-refractivity contribution in [3.8, 4) is 28.3 Å². The number of anilines is 1. The van der Waals surface area contributed by atoms with E-state index in [9.17, 15) is 0 Å². The minimum Gasteiger partial charge on any atom is -0.409 e. The molecule has 2 aromatic carbocycles. The quantitative estimate of drug-likeness (QED) is 0.107. The molecule has 0 aliphatic heterocycles. The highest BCUT2D eigenvalue weighted by Crippen LogP contribution is 2.32. The molecule has 0 atom stereocenters. The SMILES string of the molecule is CN(Cc1ccc(-n2c(-c3cccnc3N)nc3ccc(-c4ccccc4)nc32)cc1)C1CCC(/C(N)=N/O)CC1. The van der Waals surface area contributed by atoms with E-state index in [2.05, 4.69) is 63.1 Å². The Hall–Kier alpha value is -4.76. The van der Waals surface area contributed by atoms with Crippen LogP contribution in [-0.2, 0) is 6.54 Å². The van der Waals surface area contributed by atoms with Gasteiger partial charge in [0.25, 0.3) is 0 Å².